The van der Waals surface area contributed by atoms with E-state index in [0.717, 1.165) is 11.4 Å². The van der Waals surface area contributed by atoms with Gasteiger partial charge in [-0.15, -0.1) is 0 Å². The number of aliphatic hydroxyl groups is 1. The second kappa shape index (κ2) is 4.97. The zero-order chi connectivity index (χ0) is 12.3. The molecule has 0 bridgehead atoms. The molecule has 0 aliphatic carbocycles. The zero-order valence-electron chi connectivity index (χ0n) is 9.97. The number of aliphatic hydroxyl groups excluding tert-OH is 1. The van der Waals surface area contributed by atoms with Crippen molar-refractivity contribution >= 4 is 0 Å². The Morgan fingerprint density at radius 1 is 1.18 bits per heavy atom. The van der Waals surface area contributed by atoms with E-state index in [2.05, 4.69) is 4.98 Å². The van der Waals surface area contributed by atoms with Gasteiger partial charge in [-0.05, 0) is 26.0 Å². The average molecular weight is 229 g/mol. The van der Waals surface area contributed by atoms with Crippen LogP contribution in [0.3, 0.4) is 0 Å². The van der Waals surface area contributed by atoms with Gasteiger partial charge in [0.15, 0.2) is 0 Å². The van der Waals surface area contributed by atoms with Crippen LogP contribution < -0.4 is 4.74 Å². The third-order valence-electron chi connectivity index (χ3n) is 2.50. The Balaban J connectivity index is 2.28. The summed E-state index contributed by atoms with van der Waals surface area (Å²) in [4.78, 5) is 4.13. The molecule has 0 aliphatic heterocycles. The first-order valence-corrected chi connectivity index (χ1v) is 5.50. The highest BCUT2D eigenvalue weighted by Gasteiger charge is 2.05. The fraction of sp³-hybridized carbons (Fsp3) is 0.214. The van der Waals surface area contributed by atoms with E-state index in [9.17, 15) is 5.11 Å². The Kier molecular flexibility index (Phi) is 3.40. The van der Waals surface area contributed by atoms with E-state index in [4.69, 9.17) is 4.74 Å². The Hall–Kier alpha value is -1.87. The Labute approximate surface area is 101 Å². The molecule has 1 N–H and O–H groups in total. The minimum absolute atomic E-state index is 0.0749. The summed E-state index contributed by atoms with van der Waals surface area (Å²) < 4.78 is 5.74. The molecule has 3 heteroatoms. The Morgan fingerprint density at radius 2 is 1.88 bits per heavy atom. The monoisotopic (exact) mass is 229 g/mol. The summed E-state index contributed by atoms with van der Waals surface area (Å²) in [5.41, 5.74) is 2.74. The Morgan fingerprint density at radius 3 is 2.53 bits per heavy atom. The van der Waals surface area contributed by atoms with Gasteiger partial charge in [-0.2, -0.15) is 0 Å². The molecule has 2 aromatic rings. The lowest BCUT2D eigenvalue weighted by Gasteiger charge is -2.10. The summed E-state index contributed by atoms with van der Waals surface area (Å²) in [6.07, 6.45) is 1.64. The third-order valence-corrected chi connectivity index (χ3v) is 2.50. The van der Waals surface area contributed by atoms with Crippen LogP contribution in [0.5, 0.6) is 11.5 Å². The summed E-state index contributed by atoms with van der Waals surface area (Å²) in [7, 11) is 0. The van der Waals surface area contributed by atoms with Crippen LogP contribution in [-0.2, 0) is 6.61 Å². The number of ether oxygens (including phenoxy) is 1. The number of rotatable bonds is 3. The normalized spacial score (nSPS) is 10.3. The van der Waals surface area contributed by atoms with Crippen molar-refractivity contribution in [1.82, 2.24) is 4.98 Å². The van der Waals surface area contributed by atoms with E-state index in [1.165, 1.54) is 5.56 Å². The molecule has 0 unspecified atom stereocenters. The summed E-state index contributed by atoms with van der Waals surface area (Å²) >= 11 is 0. The maximum absolute atomic E-state index is 9.21. The van der Waals surface area contributed by atoms with E-state index in [1.54, 1.807) is 6.20 Å². The smallest absolute Gasteiger partial charge is 0.136 e. The van der Waals surface area contributed by atoms with Crippen LogP contribution in [-0.4, -0.2) is 10.1 Å². The maximum Gasteiger partial charge on any atom is 0.136 e. The van der Waals surface area contributed by atoms with Crippen molar-refractivity contribution in [3.05, 3.63) is 53.3 Å². The quantitative estimate of drug-likeness (QED) is 0.879. The minimum Gasteiger partial charge on any atom is -0.457 e. The van der Waals surface area contributed by atoms with Gasteiger partial charge in [0.1, 0.15) is 11.5 Å². The van der Waals surface area contributed by atoms with Crippen molar-refractivity contribution in [3.8, 4) is 11.5 Å². The standard InChI is InChI=1S/C14H15NO2/c1-10-3-5-13(6-4-10)17-14-7-11(2)15-8-12(14)9-16/h3-8,16H,9H2,1-2H3. The summed E-state index contributed by atoms with van der Waals surface area (Å²) in [5.74, 6) is 1.42. The summed E-state index contributed by atoms with van der Waals surface area (Å²) in [6.45, 7) is 3.84. The summed E-state index contributed by atoms with van der Waals surface area (Å²) in [5, 5.41) is 9.21. The van der Waals surface area contributed by atoms with Gasteiger partial charge < -0.3 is 9.84 Å². The number of nitrogens with zero attached hydrogens (tertiary/aromatic N) is 1. The van der Waals surface area contributed by atoms with E-state index in [0.29, 0.717) is 11.3 Å². The molecule has 2 rings (SSSR count). The van der Waals surface area contributed by atoms with Gasteiger partial charge in [-0.3, -0.25) is 4.98 Å². The molecule has 0 aliphatic rings. The van der Waals surface area contributed by atoms with Gasteiger partial charge in [-0.1, -0.05) is 17.7 Å². The van der Waals surface area contributed by atoms with Gasteiger partial charge in [-0.25, -0.2) is 0 Å². The highest BCUT2D eigenvalue weighted by atomic mass is 16.5. The molecular formula is C14H15NO2. The molecule has 1 aromatic carbocycles. The lowest BCUT2D eigenvalue weighted by atomic mass is 10.2. The van der Waals surface area contributed by atoms with Crippen LogP contribution in [0.15, 0.2) is 36.5 Å². The molecular weight excluding hydrogens is 214 g/mol. The molecule has 0 radical (unpaired) electrons. The second-order valence-corrected chi connectivity index (χ2v) is 4.01. The first kappa shape index (κ1) is 11.6. The van der Waals surface area contributed by atoms with Gasteiger partial charge in [0.2, 0.25) is 0 Å². The van der Waals surface area contributed by atoms with Gasteiger partial charge in [0.25, 0.3) is 0 Å². The van der Waals surface area contributed by atoms with Gasteiger partial charge in [0.05, 0.1) is 6.61 Å². The lowest BCUT2D eigenvalue weighted by Crippen LogP contribution is -1.94. The molecule has 88 valence electrons. The van der Waals surface area contributed by atoms with Crippen LogP contribution in [0.1, 0.15) is 16.8 Å². The van der Waals surface area contributed by atoms with Crippen LogP contribution in [0, 0.1) is 13.8 Å². The maximum atomic E-state index is 9.21. The molecule has 1 heterocycles. The number of pyridine rings is 1. The van der Waals surface area contributed by atoms with E-state index in [1.807, 2.05) is 44.2 Å². The van der Waals surface area contributed by atoms with Crippen molar-refractivity contribution in [2.45, 2.75) is 20.5 Å². The fourth-order valence-electron chi connectivity index (χ4n) is 1.51. The zero-order valence-corrected chi connectivity index (χ0v) is 9.97. The molecule has 0 fully saturated rings. The van der Waals surface area contributed by atoms with Gasteiger partial charge in [0, 0.05) is 23.5 Å². The molecule has 1 aromatic heterocycles. The lowest BCUT2D eigenvalue weighted by molar-refractivity contribution is 0.276. The van der Waals surface area contributed by atoms with Crippen LogP contribution in [0.2, 0.25) is 0 Å². The first-order chi connectivity index (χ1) is 8.19. The topological polar surface area (TPSA) is 42.4 Å². The SMILES string of the molecule is Cc1ccc(Oc2cc(C)ncc2CO)cc1. The van der Waals surface area contributed by atoms with Gasteiger partial charge >= 0.3 is 0 Å². The van der Waals surface area contributed by atoms with Crippen LogP contribution >= 0.6 is 0 Å². The molecule has 0 saturated heterocycles. The minimum atomic E-state index is -0.0749. The van der Waals surface area contributed by atoms with Crippen LogP contribution in [0.4, 0.5) is 0 Å². The molecule has 17 heavy (non-hydrogen) atoms. The number of aromatic nitrogens is 1. The van der Waals surface area contributed by atoms with Crippen molar-refractivity contribution in [2.24, 2.45) is 0 Å². The number of hydrogen-bond acceptors (Lipinski definition) is 3. The van der Waals surface area contributed by atoms with E-state index in [-0.39, 0.29) is 6.61 Å². The van der Waals surface area contributed by atoms with Crippen LogP contribution in [0.25, 0.3) is 0 Å². The predicted octanol–water partition coefficient (Wildman–Crippen LogP) is 2.98. The second-order valence-electron chi connectivity index (χ2n) is 4.01. The molecule has 0 spiro atoms. The number of benzene rings is 1. The van der Waals surface area contributed by atoms with E-state index >= 15 is 0 Å². The summed E-state index contributed by atoms with van der Waals surface area (Å²) in [6, 6.07) is 9.62. The number of hydrogen-bond donors (Lipinski definition) is 1. The molecule has 0 saturated carbocycles. The van der Waals surface area contributed by atoms with E-state index < -0.39 is 0 Å². The largest absolute Gasteiger partial charge is 0.457 e. The molecule has 0 atom stereocenters. The highest BCUT2D eigenvalue weighted by Crippen LogP contribution is 2.25. The van der Waals surface area contributed by atoms with Crippen molar-refractivity contribution in [1.29, 1.82) is 0 Å². The first-order valence-electron chi connectivity index (χ1n) is 5.50. The van der Waals surface area contributed by atoms with Crippen molar-refractivity contribution in [3.63, 3.8) is 0 Å². The van der Waals surface area contributed by atoms with Crippen molar-refractivity contribution in [2.75, 3.05) is 0 Å². The fourth-order valence-corrected chi connectivity index (χ4v) is 1.51. The third kappa shape index (κ3) is 2.82. The Bertz CT molecular complexity index is 506. The molecule has 3 nitrogen and oxygen atoms in total. The molecule has 0 amide bonds. The highest BCUT2D eigenvalue weighted by molar-refractivity contribution is 5.37. The van der Waals surface area contributed by atoms with Crippen molar-refractivity contribution < 1.29 is 9.84 Å². The predicted molar refractivity (Wildman–Crippen MR) is 66.1 cm³/mol. The number of aryl methyl sites for hydroxylation is 2. The average Bonchev–Trinajstić information content (AvgIpc) is 2.32.